The second-order valence-electron chi connectivity index (χ2n) is 12.0. The van der Waals surface area contributed by atoms with Crippen LogP contribution >= 0.6 is 0 Å². The Morgan fingerprint density at radius 3 is 2.29 bits per heavy atom. The monoisotopic (exact) mass is 658 g/mol. The largest absolute Gasteiger partial charge is 0.481 e. The molecule has 0 bridgehead atoms. The molecular formula is C37H38N8O4. The van der Waals surface area contributed by atoms with Crippen LogP contribution in [0, 0.1) is 20.8 Å². The van der Waals surface area contributed by atoms with Gasteiger partial charge in [0, 0.05) is 67.8 Å². The summed E-state index contributed by atoms with van der Waals surface area (Å²) in [5.74, 6) is 0.184. The van der Waals surface area contributed by atoms with Crippen molar-refractivity contribution in [2.45, 2.75) is 40.3 Å². The van der Waals surface area contributed by atoms with Crippen molar-refractivity contribution in [2.24, 2.45) is 7.05 Å². The number of aryl methyl sites for hydroxylation is 1. The van der Waals surface area contributed by atoms with Crippen molar-refractivity contribution in [1.29, 1.82) is 0 Å². The fourth-order valence-corrected chi connectivity index (χ4v) is 6.05. The highest BCUT2D eigenvalue weighted by atomic mass is 16.5. The van der Waals surface area contributed by atoms with Gasteiger partial charge in [-0.05, 0) is 78.4 Å². The van der Waals surface area contributed by atoms with Crippen molar-refractivity contribution in [1.82, 2.24) is 24.4 Å². The third-order valence-electron chi connectivity index (χ3n) is 8.97. The van der Waals surface area contributed by atoms with E-state index in [0.29, 0.717) is 54.8 Å². The highest BCUT2D eigenvalue weighted by Crippen LogP contribution is 2.34. The molecule has 1 aliphatic heterocycles. The molecule has 0 aliphatic carbocycles. The number of fused-ring (bicyclic) bond motifs is 1. The molecule has 2 aromatic carbocycles. The van der Waals surface area contributed by atoms with Crippen LogP contribution in [0.4, 0.5) is 17.1 Å². The Kier molecular flexibility index (Phi) is 9.38. The van der Waals surface area contributed by atoms with Crippen LogP contribution in [0.25, 0.3) is 11.1 Å². The van der Waals surface area contributed by atoms with Crippen LogP contribution in [-0.4, -0.2) is 56.3 Å². The van der Waals surface area contributed by atoms with Crippen molar-refractivity contribution >= 4 is 35.3 Å². The zero-order valence-electron chi connectivity index (χ0n) is 28.1. The Morgan fingerprint density at radius 2 is 1.63 bits per heavy atom. The number of carbonyl (C=O) groups excluding carboxylic acids is 3. The van der Waals surface area contributed by atoms with Gasteiger partial charge in [-0.25, -0.2) is 9.97 Å². The second-order valence-corrected chi connectivity index (χ2v) is 12.0. The lowest BCUT2D eigenvalue weighted by Gasteiger charge is -2.22. The van der Waals surface area contributed by atoms with E-state index in [1.807, 2.05) is 80.9 Å². The van der Waals surface area contributed by atoms with Crippen LogP contribution < -0.4 is 20.7 Å². The van der Waals surface area contributed by atoms with Gasteiger partial charge in [0.2, 0.25) is 12.3 Å². The molecule has 0 unspecified atom stereocenters. The molecule has 3 aromatic heterocycles. The highest BCUT2D eigenvalue weighted by Gasteiger charge is 2.25. The van der Waals surface area contributed by atoms with Gasteiger partial charge in [-0.2, -0.15) is 0 Å². The molecule has 12 nitrogen and oxygen atoms in total. The summed E-state index contributed by atoms with van der Waals surface area (Å²) in [4.78, 5) is 52.8. The fraction of sp³-hybridized carbons (Fsp3) is 0.243. The molecule has 49 heavy (non-hydrogen) atoms. The number of hydrogen-bond donors (Lipinski definition) is 3. The van der Waals surface area contributed by atoms with Crippen LogP contribution in [0.1, 0.15) is 54.7 Å². The van der Waals surface area contributed by atoms with E-state index < -0.39 is 0 Å². The summed E-state index contributed by atoms with van der Waals surface area (Å²) in [6.07, 6.45) is 4.84. The molecule has 0 radical (unpaired) electrons. The number of nitrogens with zero attached hydrogens (tertiary/aromatic N) is 5. The van der Waals surface area contributed by atoms with Crippen LogP contribution in [0.15, 0.2) is 67.0 Å². The summed E-state index contributed by atoms with van der Waals surface area (Å²) in [5.41, 5.74) is 9.69. The lowest BCUT2D eigenvalue weighted by atomic mass is 9.94. The van der Waals surface area contributed by atoms with Gasteiger partial charge >= 0.3 is 0 Å². The van der Waals surface area contributed by atoms with Gasteiger partial charge in [0.05, 0.1) is 19.3 Å². The minimum Gasteiger partial charge on any atom is -0.481 e. The average molecular weight is 659 g/mol. The zero-order chi connectivity index (χ0) is 34.7. The molecule has 0 saturated carbocycles. The molecule has 250 valence electrons. The summed E-state index contributed by atoms with van der Waals surface area (Å²) < 4.78 is 7.00. The van der Waals surface area contributed by atoms with Crippen LogP contribution in [0.2, 0.25) is 0 Å². The van der Waals surface area contributed by atoms with E-state index >= 15 is 0 Å². The van der Waals surface area contributed by atoms with Gasteiger partial charge in [0.1, 0.15) is 5.69 Å². The van der Waals surface area contributed by atoms with E-state index in [1.54, 1.807) is 30.5 Å². The predicted molar refractivity (Wildman–Crippen MR) is 188 cm³/mol. The standard InChI is InChI=1S/C37H38N8O4/c1-22-16-31(40-19-25(22)18-39-26-12-14-38-34(17-26)49-5)36(47)42-29-10-6-8-27(23(29)2)28-9-7-11-30(24(28)3)43-37(48)35-41-32-20-45(21-46)15-13-33(32)44(35)4/h6-12,14,16-17,19,21H,13,15,18,20H2,1-5H3,(H,38,39)(H,42,47)(H,43,48). The number of rotatable bonds is 10. The first-order valence-corrected chi connectivity index (χ1v) is 15.9. The zero-order valence-corrected chi connectivity index (χ0v) is 28.1. The van der Waals surface area contributed by atoms with Gasteiger partial charge in [-0.15, -0.1) is 0 Å². The van der Waals surface area contributed by atoms with E-state index in [-0.39, 0.29) is 11.8 Å². The molecule has 12 heteroatoms. The van der Waals surface area contributed by atoms with Gasteiger partial charge in [-0.1, -0.05) is 24.3 Å². The minimum absolute atomic E-state index is 0.297. The summed E-state index contributed by atoms with van der Waals surface area (Å²) >= 11 is 0. The van der Waals surface area contributed by atoms with Crippen LogP contribution in [0.3, 0.4) is 0 Å². The SMILES string of the molecule is COc1cc(NCc2cnc(C(=O)Nc3cccc(-c4cccc(NC(=O)c5nc6c(n5C)CCN(C=O)C6)c4C)c3C)cc2C)ccn1. The molecule has 3 N–H and O–H groups in total. The fourth-order valence-electron chi connectivity index (χ4n) is 6.05. The maximum Gasteiger partial charge on any atom is 0.291 e. The minimum atomic E-state index is -0.324. The highest BCUT2D eigenvalue weighted by molar-refractivity contribution is 6.05. The Bertz CT molecular complexity index is 2070. The second kappa shape index (κ2) is 14.0. The van der Waals surface area contributed by atoms with Crippen molar-refractivity contribution in [3.05, 3.63) is 112 Å². The van der Waals surface area contributed by atoms with Gasteiger partial charge in [0.15, 0.2) is 5.82 Å². The van der Waals surface area contributed by atoms with E-state index in [0.717, 1.165) is 56.9 Å². The molecule has 6 rings (SSSR count). The maximum absolute atomic E-state index is 13.4. The van der Waals surface area contributed by atoms with E-state index in [4.69, 9.17) is 4.74 Å². The Morgan fingerprint density at radius 1 is 0.939 bits per heavy atom. The van der Waals surface area contributed by atoms with Crippen molar-refractivity contribution in [3.8, 4) is 17.0 Å². The lowest BCUT2D eigenvalue weighted by molar-refractivity contribution is -0.119. The first-order valence-electron chi connectivity index (χ1n) is 15.9. The molecule has 0 atom stereocenters. The molecule has 1 aliphatic rings. The normalized spacial score (nSPS) is 12.2. The lowest BCUT2D eigenvalue weighted by Crippen LogP contribution is -2.29. The van der Waals surface area contributed by atoms with Gasteiger partial charge < -0.3 is 30.2 Å². The van der Waals surface area contributed by atoms with E-state index in [2.05, 4.69) is 30.9 Å². The number of nitrogens with one attached hydrogen (secondary N) is 3. The summed E-state index contributed by atoms with van der Waals surface area (Å²) in [6, 6.07) is 16.9. The van der Waals surface area contributed by atoms with Crippen LogP contribution in [0.5, 0.6) is 5.88 Å². The summed E-state index contributed by atoms with van der Waals surface area (Å²) in [5, 5.41) is 9.41. The Hall–Kier alpha value is -6.04. The molecule has 5 aromatic rings. The number of anilines is 3. The van der Waals surface area contributed by atoms with E-state index in [1.165, 1.54) is 0 Å². The summed E-state index contributed by atoms with van der Waals surface area (Å²) in [6.45, 7) is 7.38. The number of carbonyl (C=O) groups is 3. The van der Waals surface area contributed by atoms with Gasteiger partial charge in [0.25, 0.3) is 11.8 Å². The smallest absolute Gasteiger partial charge is 0.291 e. The molecule has 0 spiro atoms. The molecular weight excluding hydrogens is 620 g/mol. The number of benzene rings is 2. The predicted octanol–water partition coefficient (Wildman–Crippen LogP) is 5.44. The quantitative estimate of drug-likeness (QED) is 0.168. The Balaban J connectivity index is 1.16. The van der Waals surface area contributed by atoms with Crippen molar-refractivity contribution in [3.63, 3.8) is 0 Å². The molecule has 0 saturated heterocycles. The number of imidazole rings is 1. The number of hydrogen-bond acceptors (Lipinski definition) is 8. The number of ether oxygens (including phenoxy) is 1. The number of aromatic nitrogens is 4. The Labute approximate surface area is 284 Å². The van der Waals surface area contributed by atoms with E-state index in [9.17, 15) is 14.4 Å². The van der Waals surface area contributed by atoms with Crippen LogP contribution in [-0.2, 0) is 31.4 Å². The third kappa shape index (κ3) is 6.84. The summed E-state index contributed by atoms with van der Waals surface area (Å²) in [7, 11) is 3.40. The number of amides is 3. The van der Waals surface area contributed by atoms with Crippen molar-refractivity contribution < 1.29 is 19.1 Å². The average Bonchev–Trinajstić information content (AvgIpc) is 3.45. The third-order valence-corrected chi connectivity index (χ3v) is 8.97. The number of methoxy groups -OCH3 is 1. The van der Waals surface area contributed by atoms with Crippen molar-refractivity contribution in [2.75, 3.05) is 29.6 Å². The first-order chi connectivity index (χ1) is 23.7. The number of pyridine rings is 2. The molecule has 3 amide bonds. The topological polar surface area (TPSA) is 143 Å². The maximum atomic E-state index is 13.4. The molecule has 4 heterocycles. The first kappa shape index (κ1) is 32.9. The van der Waals surface area contributed by atoms with Gasteiger partial charge in [-0.3, -0.25) is 19.4 Å². The molecule has 0 fully saturated rings.